The lowest BCUT2D eigenvalue weighted by Crippen LogP contribution is -2.65. The molecule has 2 aliphatic heterocycles. The topological polar surface area (TPSA) is 228 Å². The van der Waals surface area contributed by atoms with Crippen LogP contribution in [-0.4, -0.2) is 140 Å². The summed E-state index contributed by atoms with van der Waals surface area (Å²) >= 11 is 0. The number of aliphatic hydroxyl groups is 8. The van der Waals surface area contributed by atoms with E-state index in [1.54, 1.807) is 6.08 Å². The molecule has 2 heterocycles. The van der Waals surface area contributed by atoms with Crippen LogP contribution in [0, 0.1) is 0 Å². The third kappa shape index (κ3) is 41.8. The Labute approximate surface area is 536 Å². The maximum Gasteiger partial charge on any atom is 0.220 e. The van der Waals surface area contributed by atoms with Gasteiger partial charge in [-0.05, 0) is 64.2 Å². The number of ether oxygens (including phenoxy) is 4. The molecule has 88 heavy (non-hydrogen) atoms. The maximum absolute atomic E-state index is 13.3. The van der Waals surface area contributed by atoms with E-state index in [4.69, 9.17) is 18.9 Å². The van der Waals surface area contributed by atoms with Crippen LogP contribution < -0.4 is 5.32 Å². The zero-order chi connectivity index (χ0) is 63.8. The monoisotopic (exact) mass is 1240 g/mol. The van der Waals surface area contributed by atoms with Crippen molar-refractivity contribution in [1.82, 2.24) is 5.32 Å². The van der Waals surface area contributed by atoms with Crippen molar-refractivity contribution in [2.75, 3.05) is 19.8 Å². The van der Waals surface area contributed by atoms with E-state index in [0.717, 1.165) is 70.6 Å². The number of rotatable bonds is 59. The van der Waals surface area contributed by atoms with Gasteiger partial charge in [-0.1, -0.05) is 299 Å². The zero-order valence-electron chi connectivity index (χ0n) is 55.7. The molecule has 1 amide bonds. The first-order valence-electron chi connectivity index (χ1n) is 36.2. The van der Waals surface area contributed by atoms with E-state index in [1.807, 2.05) is 6.08 Å². The summed E-state index contributed by atoms with van der Waals surface area (Å²) in [5.74, 6) is -0.236. The molecule has 12 unspecified atom stereocenters. The average molecular weight is 1240 g/mol. The molecule has 2 aliphatic rings. The van der Waals surface area contributed by atoms with E-state index in [1.165, 1.54) is 199 Å². The Morgan fingerprint density at radius 2 is 0.784 bits per heavy atom. The lowest BCUT2D eigenvalue weighted by atomic mass is 9.97. The van der Waals surface area contributed by atoms with E-state index in [-0.39, 0.29) is 18.9 Å². The Morgan fingerprint density at radius 3 is 1.20 bits per heavy atom. The number of nitrogens with one attached hydrogen (secondary N) is 1. The van der Waals surface area contributed by atoms with Gasteiger partial charge in [-0.25, -0.2) is 0 Å². The molecular weight excluding hydrogens is 1110 g/mol. The minimum atomic E-state index is -1.79. The fourth-order valence-corrected chi connectivity index (χ4v) is 11.7. The van der Waals surface area contributed by atoms with E-state index in [0.29, 0.717) is 6.42 Å². The van der Waals surface area contributed by atoms with Gasteiger partial charge < -0.3 is 65.1 Å². The molecular formula is C74H133NO13. The van der Waals surface area contributed by atoms with Crippen LogP contribution in [0.15, 0.2) is 72.9 Å². The first kappa shape index (κ1) is 81.5. The normalized spacial score (nSPS) is 23.6. The molecule has 9 N–H and O–H groups in total. The van der Waals surface area contributed by atoms with Gasteiger partial charge in [-0.15, -0.1) is 0 Å². The molecule has 0 saturated carbocycles. The number of unbranched alkanes of at least 4 members (excludes halogenated alkanes) is 36. The summed E-state index contributed by atoms with van der Waals surface area (Å²) in [6.45, 7) is 2.71. The van der Waals surface area contributed by atoms with Crippen LogP contribution in [-0.2, 0) is 23.7 Å². The Kier molecular flexibility index (Phi) is 54.0. The van der Waals surface area contributed by atoms with Gasteiger partial charge in [0.25, 0.3) is 0 Å². The Morgan fingerprint density at radius 1 is 0.420 bits per heavy atom. The van der Waals surface area contributed by atoms with E-state index >= 15 is 0 Å². The van der Waals surface area contributed by atoms with Crippen molar-refractivity contribution >= 4 is 5.91 Å². The number of allylic oxidation sites excluding steroid dienone is 11. The number of amides is 1. The highest BCUT2D eigenvalue weighted by molar-refractivity contribution is 5.76. The zero-order valence-corrected chi connectivity index (χ0v) is 55.7. The van der Waals surface area contributed by atoms with Gasteiger partial charge in [0.05, 0.1) is 32.0 Å². The van der Waals surface area contributed by atoms with Crippen LogP contribution in [0.1, 0.15) is 296 Å². The van der Waals surface area contributed by atoms with Crippen LogP contribution in [0.3, 0.4) is 0 Å². The summed E-state index contributed by atoms with van der Waals surface area (Å²) < 4.78 is 22.8. The molecule has 512 valence electrons. The third-order valence-corrected chi connectivity index (χ3v) is 17.4. The minimum absolute atomic E-state index is 0.236. The highest BCUT2D eigenvalue weighted by atomic mass is 16.7. The van der Waals surface area contributed by atoms with Crippen molar-refractivity contribution in [1.29, 1.82) is 0 Å². The van der Waals surface area contributed by atoms with E-state index < -0.39 is 86.8 Å². The summed E-state index contributed by atoms with van der Waals surface area (Å²) in [6.07, 6.45) is 62.6. The van der Waals surface area contributed by atoms with Crippen LogP contribution in [0.4, 0.5) is 0 Å². The largest absolute Gasteiger partial charge is 0.394 e. The fourth-order valence-electron chi connectivity index (χ4n) is 11.7. The number of hydrogen-bond acceptors (Lipinski definition) is 13. The summed E-state index contributed by atoms with van der Waals surface area (Å²) in [6, 6.07) is -0.915. The van der Waals surface area contributed by atoms with Gasteiger partial charge in [0.15, 0.2) is 12.6 Å². The summed E-state index contributed by atoms with van der Waals surface area (Å²) in [4.78, 5) is 13.3. The van der Waals surface area contributed by atoms with Gasteiger partial charge in [0, 0.05) is 6.42 Å². The second-order valence-corrected chi connectivity index (χ2v) is 25.3. The van der Waals surface area contributed by atoms with Crippen molar-refractivity contribution < 1.29 is 64.6 Å². The Bertz CT molecular complexity index is 1750. The first-order chi connectivity index (χ1) is 43.1. The van der Waals surface area contributed by atoms with Crippen LogP contribution >= 0.6 is 0 Å². The smallest absolute Gasteiger partial charge is 0.220 e. The molecule has 0 radical (unpaired) electrons. The van der Waals surface area contributed by atoms with Gasteiger partial charge >= 0.3 is 0 Å². The van der Waals surface area contributed by atoms with Gasteiger partial charge in [-0.2, -0.15) is 0 Å². The average Bonchev–Trinajstić information content (AvgIpc) is 2.99. The molecule has 0 aliphatic carbocycles. The van der Waals surface area contributed by atoms with Crippen LogP contribution in [0.25, 0.3) is 0 Å². The van der Waals surface area contributed by atoms with Crippen LogP contribution in [0.2, 0.25) is 0 Å². The van der Waals surface area contributed by atoms with Crippen molar-refractivity contribution in [2.45, 2.75) is 370 Å². The van der Waals surface area contributed by atoms with E-state index in [9.17, 15) is 45.6 Å². The molecule has 12 atom stereocenters. The third-order valence-electron chi connectivity index (χ3n) is 17.4. The lowest BCUT2D eigenvalue weighted by molar-refractivity contribution is -0.359. The summed E-state index contributed by atoms with van der Waals surface area (Å²) in [7, 11) is 0. The molecule has 0 spiro atoms. The number of carbonyl (C=O) groups excluding carboxylic acids is 1. The highest BCUT2D eigenvalue weighted by Crippen LogP contribution is 2.30. The van der Waals surface area contributed by atoms with Crippen LogP contribution in [0.5, 0.6) is 0 Å². The second kappa shape index (κ2) is 58.3. The molecule has 0 aromatic heterocycles. The predicted molar refractivity (Wildman–Crippen MR) is 360 cm³/mol. The first-order valence-corrected chi connectivity index (χ1v) is 36.2. The summed E-state index contributed by atoms with van der Waals surface area (Å²) in [5.41, 5.74) is 0. The molecule has 2 rings (SSSR count). The molecule has 0 aromatic rings. The van der Waals surface area contributed by atoms with Gasteiger partial charge in [0.2, 0.25) is 5.91 Å². The molecule has 14 heteroatoms. The molecule has 0 bridgehead atoms. The molecule has 2 fully saturated rings. The van der Waals surface area contributed by atoms with Crippen molar-refractivity contribution in [3.05, 3.63) is 72.9 Å². The molecule has 0 aromatic carbocycles. The van der Waals surface area contributed by atoms with Crippen molar-refractivity contribution in [2.24, 2.45) is 0 Å². The Hall–Kier alpha value is -2.57. The lowest BCUT2D eigenvalue weighted by Gasteiger charge is -2.46. The Balaban J connectivity index is 1.57. The fraction of sp³-hybridized carbons (Fsp3) is 0.824. The molecule has 14 nitrogen and oxygen atoms in total. The minimum Gasteiger partial charge on any atom is -0.394 e. The quantitative estimate of drug-likeness (QED) is 0.0204. The number of aliphatic hydroxyl groups excluding tert-OH is 8. The number of carbonyl (C=O) groups is 1. The SMILES string of the molecule is CC/C=C\C/C=C\C/C=C\C/C=C\C/C=C\CCCCCCCCCCCCCCCCCCCCCCCCCC(=O)NC(COC1OC(CO)C(OC2OC(CO)C(O)C(O)C2O)C(O)C1O)C(O)/C=C/CCCCCCCCCCCCCCC. The second-order valence-electron chi connectivity index (χ2n) is 25.3. The van der Waals surface area contributed by atoms with Gasteiger partial charge in [-0.3, -0.25) is 4.79 Å². The summed E-state index contributed by atoms with van der Waals surface area (Å²) in [5, 5.41) is 87.3. The molecule has 2 saturated heterocycles. The standard InChI is InChI=1S/C74H133NO13/c1-3-5-7-9-11-13-15-17-19-20-21-22-23-24-25-26-27-28-29-30-31-32-33-34-35-36-37-38-39-40-41-42-44-46-48-50-52-54-56-58-66(79)75-62(63(78)57-55-53-51-49-47-45-43-18-16-14-12-10-8-6-4-2)61-85-73-71(84)69(82)72(65(60-77)87-73)88-74-70(83)68(81)67(80)64(59-76)86-74/h5,7,11,13,17,19,21-22,24-25,55,57,62-65,67-74,76-78,80-84H,3-4,6,8-10,12,14-16,18,20,23,26-54,56,58-61H2,1-2H3,(H,75,79)/b7-5-,13-11-,19-17-,22-21-,25-24-,57-55+. The van der Waals surface area contributed by atoms with E-state index in [2.05, 4.69) is 79.9 Å². The number of hydrogen-bond donors (Lipinski definition) is 9. The van der Waals surface area contributed by atoms with Crippen molar-refractivity contribution in [3.63, 3.8) is 0 Å². The maximum atomic E-state index is 13.3. The highest BCUT2D eigenvalue weighted by Gasteiger charge is 2.51. The van der Waals surface area contributed by atoms with Gasteiger partial charge in [0.1, 0.15) is 48.8 Å². The van der Waals surface area contributed by atoms with Crippen molar-refractivity contribution in [3.8, 4) is 0 Å². The predicted octanol–water partition coefficient (Wildman–Crippen LogP) is 15.0.